The molecule has 6 heteroatoms. The fourth-order valence-corrected chi connectivity index (χ4v) is 3.27. The largest absolute Gasteiger partial charge is 0.444 e. The zero-order chi connectivity index (χ0) is 18.8. The molecule has 1 heterocycles. The number of nitrogens with zero attached hydrogens (tertiary/aromatic N) is 2. The molecule has 1 saturated carbocycles. The van der Waals surface area contributed by atoms with Crippen molar-refractivity contribution in [2.24, 2.45) is 17.6 Å². The molecular formula is C19H35N3O3. The fourth-order valence-electron chi connectivity index (χ4n) is 3.27. The predicted octanol–water partition coefficient (Wildman–Crippen LogP) is 2.61. The average molecular weight is 354 g/mol. The third kappa shape index (κ3) is 5.87. The van der Waals surface area contributed by atoms with E-state index in [1.807, 2.05) is 44.4 Å². The van der Waals surface area contributed by atoms with Crippen molar-refractivity contribution in [2.75, 3.05) is 19.6 Å². The van der Waals surface area contributed by atoms with Gasteiger partial charge in [0.05, 0.1) is 6.04 Å². The molecule has 1 unspecified atom stereocenters. The lowest BCUT2D eigenvalue weighted by atomic mass is 9.95. The summed E-state index contributed by atoms with van der Waals surface area (Å²) in [4.78, 5) is 28.8. The Kier molecular flexibility index (Phi) is 6.35. The lowest BCUT2D eigenvalue weighted by Crippen LogP contribution is -2.52. The van der Waals surface area contributed by atoms with Crippen LogP contribution in [0.1, 0.15) is 60.3 Å². The summed E-state index contributed by atoms with van der Waals surface area (Å²) < 4.78 is 5.57. The molecule has 0 radical (unpaired) electrons. The van der Waals surface area contributed by atoms with Crippen molar-refractivity contribution in [3.05, 3.63) is 0 Å². The summed E-state index contributed by atoms with van der Waals surface area (Å²) in [7, 11) is 0. The Hall–Kier alpha value is -1.30. The van der Waals surface area contributed by atoms with E-state index in [4.69, 9.17) is 10.5 Å². The molecule has 0 bridgehead atoms. The molecule has 2 amide bonds. The minimum absolute atomic E-state index is 0.0370. The second kappa shape index (κ2) is 7.94. The number of likely N-dealkylation sites (tertiary alicyclic amines) is 1. The standard InChI is InChI=1S/C19H35N3O3/c1-13(2)16(20)17(23)21-10-6-7-14(11-21)12-22(15-8-9-15)18(24)25-19(3,4)5/h13-16H,6-12,20H2,1-5H3/t14?,16-/m0/s1. The van der Waals surface area contributed by atoms with Gasteiger partial charge in [0.25, 0.3) is 0 Å². The molecular weight excluding hydrogens is 318 g/mol. The number of nitrogens with two attached hydrogens (primary N) is 1. The molecule has 0 aromatic heterocycles. The lowest BCUT2D eigenvalue weighted by molar-refractivity contribution is -0.135. The van der Waals surface area contributed by atoms with Crippen LogP contribution in [-0.2, 0) is 9.53 Å². The van der Waals surface area contributed by atoms with Gasteiger partial charge < -0.3 is 20.3 Å². The zero-order valence-corrected chi connectivity index (χ0v) is 16.5. The van der Waals surface area contributed by atoms with E-state index < -0.39 is 11.6 Å². The molecule has 2 atom stereocenters. The Morgan fingerprint density at radius 1 is 1.24 bits per heavy atom. The molecule has 1 saturated heterocycles. The third-order valence-electron chi connectivity index (χ3n) is 4.90. The number of rotatable bonds is 5. The highest BCUT2D eigenvalue weighted by Crippen LogP contribution is 2.31. The minimum atomic E-state index is -0.483. The van der Waals surface area contributed by atoms with Crippen LogP contribution in [0.3, 0.4) is 0 Å². The molecule has 1 aliphatic heterocycles. The number of hydrogen-bond acceptors (Lipinski definition) is 4. The van der Waals surface area contributed by atoms with E-state index in [1.165, 1.54) is 0 Å². The molecule has 25 heavy (non-hydrogen) atoms. The van der Waals surface area contributed by atoms with Gasteiger partial charge in [0.15, 0.2) is 0 Å². The summed E-state index contributed by atoms with van der Waals surface area (Å²) in [6.45, 7) is 11.7. The highest BCUT2D eigenvalue weighted by molar-refractivity contribution is 5.82. The highest BCUT2D eigenvalue weighted by atomic mass is 16.6. The average Bonchev–Trinajstić information content (AvgIpc) is 3.34. The van der Waals surface area contributed by atoms with Crippen LogP contribution in [0.5, 0.6) is 0 Å². The van der Waals surface area contributed by atoms with Crippen LogP contribution in [0.4, 0.5) is 4.79 Å². The number of carbonyl (C=O) groups is 2. The van der Waals surface area contributed by atoms with Crippen LogP contribution >= 0.6 is 0 Å². The summed E-state index contributed by atoms with van der Waals surface area (Å²) in [6, 6.07) is -0.136. The van der Waals surface area contributed by atoms with Crippen LogP contribution in [0.15, 0.2) is 0 Å². The Bertz CT molecular complexity index is 483. The first-order chi connectivity index (χ1) is 11.6. The SMILES string of the molecule is CC(C)[C@H](N)C(=O)N1CCCC(CN(C(=O)OC(C)(C)C)C2CC2)C1. The highest BCUT2D eigenvalue weighted by Gasteiger charge is 2.38. The van der Waals surface area contributed by atoms with Crippen molar-refractivity contribution in [3.63, 3.8) is 0 Å². The normalized spacial score (nSPS) is 22.7. The number of carbonyl (C=O) groups excluding carboxylic acids is 2. The smallest absolute Gasteiger partial charge is 0.410 e. The quantitative estimate of drug-likeness (QED) is 0.824. The van der Waals surface area contributed by atoms with Crippen LogP contribution in [0.2, 0.25) is 0 Å². The van der Waals surface area contributed by atoms with Crippen molar-refractivity contribution in [1.82, 2.24) is 9.80 Å². The van der Waals surface area contributed by atoms with E-state index in [0.29, 0.717) is 25.0 Å². The zero-order valence-electron chi connectivity index (χ0n) is 16.5. The van der Waals surface area contributed by atoms with Crippen LogP contribution in [0.25, 0.3) is 0 Å². The molecule has 1 aliphatic carbocycles. The van der Waals surface area contributed by atoms with Gasteiger partial charge in [-0.1, -0.05) is 13.8 Å². The lowest BCUT2D eigenvalue weighted by Gasteiger charge is -2.37. The summed E-state index contributed by atoms with van der Waals surface area (Å²) in [5.74, 6) is 0.470. The first-order valence-corrected chi connectivity index (χ1v) is 9.62. The van der Waals surface area contributed by atoms with E-state index in [2.05, 4.69) is 0 Å². The summed E-state index contributed by atoms with van der Waals surface area (Å²) in [5.41, 5.74) is 5.55. The number of hydrogen-bond donors (Lipinski definition) is 1. The third-order valence-corrected chi connectivity index (χ3v) is 4.90. The van der Waals surface area contributed by atoms with Crippen molar-refractivity contribution in [3.8, 4) is 0 Å². The Balaban J connectivity index is 1.95. The molecule has 2 aliphatic rings. The maximum atomic E-state index is 12.5. The maximum Gasteiger partial charge on any atom is 0.410 e. The van der Waals surface area contributed by atoms with Gasteiger partial charge in [-0.3, -0.25) is 4.79 Å². The van der Waals surface area contributed by atoms with Gasteiger partial charge in [-0.15, -0.1) is 0 Å². The van der Waals surface area contributed by atoms with Gasteiger partial charge in [0, 0.05) is 25.7 Å². The fraction of sp³-hybridized carbons (Fsp3) is 0.895. The second-order valence-electron chi connectivity index (χ2n) is 8.93. The number of ether oxygens (including phenoxy) is 1. The van der Waals surface area contributed by atoms with Crippen molar-refractivity contribution in [2.45, 2.75) is 78.0 Å². The maximum absolute atomic E-state index is 12.5. The minimum Gasteiger partial charge on any atom is -0.444 e. The second-order valence-corrected chi connectivity index (χ2v) is 8.93. The Morgan fingerprint density at radius 2 is 1.88 bits per heavy atom. The van der Waals surface area contributed by atoms with Gasteiger partial charge >= 0.3 is 6.09 Å². The first kappa shape index (κ1) is 20.0. The molecule has 144 valence electrons. The van der Waals surface area contributed by atoms with Gasteiger partial charge in [0.1, 0.15) is 5.60 Å². The van der Waals surface area contributed by atoms with Gasteiger partial charge in [-0.25, -0.2) is 4.79 Å². The summed E-state index contributed by atoms with van der Waals surface area (Å²) in [6.07, 6.45) is 3.87. The Labute approximate surface area is 152 Å². The van der Waals surface area contributed by atoms with Gasteiger partial charge in [0.2, 0.25) is 5.91 Å². The van der Waals surface area contributed by atoms with E-state index >= 15 is 0 Å². The molecule has 0 aromatic rings. The monoisotopic (exact) mass is 353 g/mol. The van der Waals surface area contributed by atoms with Gasteiger partial charge in [-0.05, 0) is 58.3 Å². The molecule has 0 spiro atoms. The van der Waals surface area contributed by atoms with Gasteiger partial charge in [-0.2, -0.15) is 0 Å². The molecule has 2 fully saturated rings. The molecule has 0 aromatic carbocycles. The topological polar surface area (TPSA) is 75.9 Å². The van der Waals surface area contributed by atoms with Crippen molar-refractivity contribution in [1.29, 1.82) is 0 Å². The van der Waals surface area contributed by atoms with Crippen LogP contribution in [0, 0.1) is 11.8 Å². The predicted molar refractivity (Wildman–Crippen MR) is 98.1 cm³/mol. The molecule has 2 N–H and O–H groups in total. The summed E-state index contributed by atoms with van der Waals surface area (Å²) in [5, 5.41) is 0. The molecule has 6 nitrogen and oxygen atoms in total. The first-order valence-electron chi connectivity index (χ1n) is 9.62. The van der Waals surface area contributed by atoms with E-state index in [9.17, 15) is 9.59 Å². The van der Waals surface area contributed by atoms with E-state index in [1.54, 1.807) is 0 Å². The van der Waals surface area contributed by atoms with Crippen molar-refractivity contribution >= 4 is 12.0 Å². The van der Waals surface area contributed by atoms with Crippen molar-refractivity contribution < 1.29 is 14.3 Å². The molecule has 2 rings (SSSR count). The summed E-state index contributed by atoms with van der Waals surface area (Å²) >= 11 is 0. The van der Waals surface area contributed by atoms with Crippen LogP contribution in [-0.4, -0.2) is 59.1 Å². The number of piperidine rings is 1. The number of amides is 2. The van der Waals surface area contributed by atoms with E-state index in [0.717, 1.165) is 32.2 Å². The Morgan fingerprint density at radius 3 is 2.40 bits per heavy atom. The van der Waals surface area contributed by atoms with E-state index in [-0.39, 0.29) is 17.9 Å². The van der Waals surface area contributed by atoms with Crippen LogP contribution < -0.4 is 5.73 Å².